The normalized spacial score (nSPS) is 14.9. The van der Waals surface area contributed by atoms with Gasteiger partial charge in [-0.15, -0.1) is 0 Å². The van der Waals surface area contributed by atoms with Crippen molar-refractivity contribution in [2.45, 2.75) is 33.2 Å². The summed E-state index contributed by atoms with van der Waals surface area (Å²) in [6.45, 7) is 6.55. The Morgan fingerprint density at radius 1 is 1.50 bits per heavy atom. The largest absolute Gasteiger partial charge is 0.396 e. The summed E-state index contributed by atoms with van der Waals surface area (Å²) in [5.74, 6) is -0.0450. The number of aliphatic hydroxyl groups is 1. The average Bonchev–Trinajstić information content (AvgIpc) is 2.16. The number of amides is 1. The van der Waals surface area contributed by atoms with Gasteiger partial charge in [0.25, 0.3) is 0 Å². The standard InChI is InChI=1S/C10H21NO3/c1-4-5-14-7-10(13)11-9(3)8(2)6-12/h8-9,12H,4-7H2,1-3H3,(H,11,13). The van der Waals surface area contributed by atoms with E-state index in [1.165, 1.54) is 0 Å². The molecule has 0 aromatic rings. The Hall–Kier alpha value is -0.610. The second-order valence-electron chi connectivity index (χ2n) is 3.57. The van der Waals surface area contributed by atoms with Crippen molar-refractivity contribution in [1.29, 1.82) is 0 Å². The maximum Gasteiger partial charge on any atom is 0.246 e. The molecule has 0 rings (SSSR count). The van der Waals surface area contributed by atoms with Gasteiger partial charge < -0.3 is 15.2 Å². The lowest BCUT2D eigenvalue weighted by atomic mass is 10.1. The molecule has 0 aliphatic carbocycles. The van der Waals surface area contributed by atoms with Crippen LogP contribution in [0.1, 0.15) is 27.2 Å². The zero-order valence-electron chi connectivity index (χ0n) is 9.25. The van der Waals surface area contributed by atoms with Crippen LogP contribution >= 0.6 is 0 Å². The zero-order valence-corrected chi connectivity index (χ0v) is 9.25. The third-order valence-corrected chi connectivity index (χ3v) is 2.11. The summed E-state index contributed by atoms with van der Waals surface area (Å²) in [6.07, 6.45) is 0.913. The Morgan fingerprint density at radius 2 is 2.14 bits per heavy atom. The molecule has 0 saturated heterocycles. The topological polar surface area (TPSA) is 58.6 Å². The van der Waals surface area contributed by atoms with Crippen LogP contribution in [0.3, 0.4) is 0 Å². The van der Waals surface area contributed by atoms with Crippen LogP contribution in [-0.4, -0.2) is 36.9 Å². The van der Waals surface area contributed by atoms with E-state index in [4.69, 9.17) is 9.84 Å². The van der Waals surface area contributed by atoms with Crippen molar-refractivity contribution in [3.05, 3.63) is 0 Å². The predicted molar refractivity (Wildman–Crippen MR) is 55.0 cm³/mol. The Kier molecular flexibility index (Phi) is 7.42. The molecule has 14 heavy (non-hydrogen) atoms. The molecule has 84 valence electrons. The molecule has 0 aromatic carbocycles. The molecule has 2 N–H and O–H groups in total. The lowest BCUT2D eigenvalue weighted by Crippen LogP contribution is -2.40. The summed E-state index contributed by atoms with van der Waals surface area (Å²) >= 11 is 0. The summed E-state index contributed by atoms with van der Waals surface area (Å²) in [4.78, 5) is 11.2. The number of carbonyl (C=O) groups excluding carboxylic acids is 1. The fourth-order valence-corrected chi connectivity index (χ4v) is 0.905. The predicted octanol–water partition coefficient (Wildman–Crippen LogP) is 0.546. The zero-order chi connectivity index (χ0) is 11.0. The number of rotatable bonds is 7. The second-order valence-corrected chi connectivity index (χ2v) is 3.57. The minimum absolute atomic E-state index is 0.0160. The van der Waals surface area contributed by atoms with E-state index in [-0.39, 0.29) is 31.1 Å². The highest BCUT2D eigenvalue weighted by atomic mass is 16.5. The Bertz CT molecular complexity index is 161. The van der Waals surface area contributed by atoms with Gasteiger partial charge in [-0.2, -0.15) is 0 Å². The summed E-state index contributed by atoms with van der Waals surface area (Å²) < 4.78 is 5.08. The first-order valence-corrected chi connectivity index (χ1v) is 5.09. The van der Waals surface area contributed by atoms with Crippen LogP contribution in [0.4, 0.5) is 0 Å². The van der Waals surface area contributed by atoms with Gasteiger partial charge in [0.2, 0.25) is 5.91 Å². The van der Waals surface area contributed by atoms with Gasteiger partial charge in [-0.1, -0.05) is 13.8 Å². The molecule has 0 saturated carbocycles. The first-order valence-electron chi connectivity index (χ1n) is 5.09. The monoisotopic (exact) mass is 203 g/mol. The molecule has 0 heterocycles. The molecular weight excluding hydrogens is 182 g/mol. The number of hydrogen-bond donors (Lipinski definition) is 2. The van der Waals surface area contributed by atoms with Gasteiger partial charge in [-0.25, -0.2) is 0 Å². The van der Waals surface area contributed by atoms with Crippen molar-refractivity contribution >= 4 is 5.91 Å². The van der Waals surface area contributed by atoms with Crippen LogP contribution < -0.4 is 5.32 Å². The number of ether oxygens (including phenoxy) is 1. The van der Waals surface area contributed by atoms with Crippen LogP contribution in [-0.2, 0) is 9.53 Å². The Labute approximate surface area is 85.6 Å². The molecule has 0 radical (unpaired) electrons. The van der Waals surface area contributed by atoms with Gasteiger partial charge in [-0.3, -0.25) is 4.79 Å². The van der Waals surface area contributed by atoms with Crippen LogP contribution in [0.15, 0.2) is 0 Å². The maximum absolute atomic E-state index is 11.2. The molecule has 0 spiro atoms. The molecule has 0 aliphatic rings. The van der Waals surface area contributed by atoms with Crippen LogP contribution in [0.5, 0.6) is 0 Å². The van der Waals surface area contributed by atoms with Gasteiger partial charge in [0.05, 0.1) is 0 Å². The van der Waals surface area contributed by atoms with Crippen molar-refractivity contribution in [1.82, 2.24) is 5.32 Å². The molecule has 1 amide bonds. The number of aliphatic hydroxyl groups excluding tert-OH is 1. The van der Waals surface area contributed by atoms with Crippen molar-refractivity contribution in [2.24, 2.45) is 5.92 Å². The third-order valence-electron chi connectivity index (χ3n) is 2.11. The smallest absolute Gasteiger partial charge is 0.246 e. The van der Waals surface area contributed by atoms with E-state index in [1.807, 2.05) is 20.8 Å². The van der Waals surface area contributed by atoms with E-state index in [1.54, 1.807) is 0 Å². The van der Waals surface area contributed by atoms with Crippen molar-refractivity contribution in [3.63, 3.8) is 0 Å². The van der Waals surface area contributed by atoms with Crippen LogP contribution in [0.25, 0.3) is 0 Å². The highest BCUT2D eigenvalue weighted by Gasteiger charge is 2.13. The van der Waals surface area contributed by atoms with E-state index in [2.05, 4.69) is 5.32 Å². The number of hydrogen-bond acceptors (Lipinski definition) is 3. The van der Waals surface area contributed by atoms with Crippen LogP contribution in [0, 0.1) is 5.92 Å². The van der Waals surface area contributed by atoms with E-state index < -0.39 is 0 Å². The van der Waals surface area contributed by atoms with Crippen molar-refractivity contribution < 1.29 is 14.6 Å². The van der Waals surface area contributed by atoms with Crippen molar-refractivity contribution in [3.8, 4) is 0 Å². The first-order chi connectivity index (χ1) is 6.61. The molecular formula is C10H21NO3. The second kappa shape index (κ2) is 7.76. The Balaban J connectivity index is 3.60. The SMILES string of the molecule is CCCOCC(=O)NC(C)C(C)CO. The van der Waals surface area contributed by atoms with Gasteiger partial charge in [0, 0.05) is 19.3 Å². The lowest BCUT2D eigenvalue weighted by Gasteiger charge is -2.19. The van der Waals surface area contributed by atoms with Crippen LogP contribution in [0.2, 0.25) is 0 Å². The molecule has 2 atom stereocenters. The minimum atomic E-state index is -0.119. The summed E-state index contributed by atoms with van der Waals surface area (Å²) in [5, 5.41) is 11.6. The maximum atomic E-state index is 11.2. The van der Waals surface area contributed by atoms with E-state index >= 15 is 0 Å². The third kappa shape index (κ3) is 5.94. The summed E-state index contributed by atoms with van der Waals surface area (Å²) in [6, 6.07) is -0.0160. The lowest BCUT2D eigenvalue weighted by molar-refractivity contribution is -0.126. The molecule has 4 heteroatoms. The Morgan fingerprint density at radius 3 is 2.64 bits per heavy atom. The minimum Gasteiger partial charge on any atom is -0.396 e. The quantitative estimate of drug-likeness (QED) is 0.594. The van der Waals surface area contributed by atoms with Gasteiger partial charge in [0.15, 0.2) is 0 Å². The molecule has 0 aromatic heterocycles. The van der Waals surface area contributed by atoms with E-state index in [0.717, 1.165) is 6.42 Å². The fourth-order valence-electron chi connectivity index (χ4n) is 0.905. The van der Waals surface area contributed by atoms with Crippen molar-refractivity contribution in [2.75, 3.05) is 19.8 Å². The van der Waals surface area contributed by atoms with Gasteiger partial charge in [0.1, 0.15) is 6.61 Å². The summed E-state index contributed by atoms with van der Waals surface area (Å²) in [7, 11) is 0. The highest BCUT2D eigenvalue weighted by Crippen LogP contribution is 1.99. The molecule has 2 unspecified atom stereocenters. The number of nitrogens with one attached hydrogen (secondary N) is 1. The summed E-state index contributed by atoms with van der Waals surface area (Å²) in [5.41, 5.74) is 0. The number of carbonyl (C=O) groups is 1. The molecule has 4 nitrogen and oxygen atoms in total. The van der Waals surface area contributed by atoms with Gasteiger partial charge >= 0.3 is 0 Å². The first kappa shape index (κ1) is 13.4. The average molecular weight is 203 g/mol. The molecule has 0 fully saturated rings. The van der Waals surface area contributed by atoms with E-state index in [0.29, 0.717) is 6.61 Å². The van der Waals surface area contributed by atoms with Gasteiger partial charge in [-0.05, 0) is 19.3 Å². The molecule has 0 aliphatic heterocycles. The highest BCUT2D eigenvalue weighted by molar-refractivity contribution is 5.77. The fraction of sp³-hybridized carbons (Fsp3) is 0.900. The van der Waals surface area contributed by atoms with E-state index in [9.17, 15) is 4.79 Å². The molecule has 0 bridgehead atoms.